The van der Waals surface area contributed by atoms with E-state index in [1.54, 1.807) is 0 Å². The smallest absolute Gasteiger partial charge is 0.0721 e. The Kier molecular flexibility index (Phi) is 3.85. The maximum Gasteiger partial charge on any atom is 0.0721 e. The molecule has 3 heteroatoms. The van der Waals surface area contributed by atoms with Gasteiger partial charge in [0.1, 0.15) is 0 Å². The van der Waals surface area contributed by atoms with Gasteiger partial charge in [-0.2, -0.15) is 0 Å². The maximum atomic E-state index is 5.83. The topological polar surface area (TPSA) is 38.5 Å². The minimum atomic E-state index is 0.139. The highest BCUT2D eigenvalue weighted by Crippen LogP contribution is 2.42. The van der Waals surface area contributed by atoms with E-state index < -0.39 is 0 Å². The summed E-state index contributed by atoms with van der Waals surface area (Å²) < 4.78 is 5.65. The Bertz CT molecular complexity index is 470. The maximum absolute atomic E-state index is 5.83. The van der Waals surface area contributed by atoms with Crippen LogP contribution < -0.4 is 5.73 Å². The number of hydrogen-bond acceptors (Lipinski definition) is 3. The van der Waals surface area contributed by atoms with Gasteiger partial charge in [-0.1, -0.05) is 24.3 Å². The number of nitrogens with two attached hydrogens (primary N) is 1. The van der Waals surface area contributed by atoms with E-state index in [0.29, 0.717) is 12.0 Å². The fourth-order valence-corrected chi connectivity index (χ4v) is 3.54. The number of methoxy groups -OCH3 is 1. The Labute approximate surface area is 122 Å². The SMILES string of the molecule is COC1(Cc2cccc(C3CC(CN)CN3C)c2)CC1. The molecule has 1 aromatic carbocycles. The van der Waals surface area contributed by atoms with Gasteiger partial charge in [0.25, 0.3) is 0 Å². The monoisotopic (exact) mass is 274 g/mol. The van der Waals surface area contributed by atoms with Crippen molar-refractivity contribution in [3.63, 3.8) is 0 Å². The van der Waals surface area contributed by atoms with Crippen molar-refractivity contribution >= 4 is 0 Å². The predicted octanol–water partition coefficient (Wildman–Crippen LogP) is 2.36. The number of ether oxygens (including phenoxy) is 1. The highest BCUT2D eigenvalue weighted by atomic mass is 16.5. The van der Waals surface area contributed by atoms with Crippen molar-refractivity contribution in [2.75, 3.05) is 27.2 Å². The minimum Gasteiger partial charge on any atom is -0.378 e. The number of benzene rings is 1. The van der Waals surface area contributed by atoms with Gasteiger partial charge in [-0.05, 0) is 49.9 Å². The molecule has 2 N–H and O–H groups in total. The van der Waals surface area contributed by atoms with E-state index in [1.165, 1.54) is 30.4 Å². The lowest BCUT2D eigenvalue weighted by Crippen LogP contribution is -2.21. The van der Waals surface area contributed by atoms with Crippen LogP contribution in [0, 0.1) is 5.92 Å². The zero-order valence-corrected chi connectivity index (χ0v) is 12.6. The summed E-state index contributed by atoms with van der Waals surface area (Å²) in [6.07, 6.45) is 4.64. The van der Waals surface area contributed by atoms with Crippen LogP contribution in [-0.2, 0) is 11.2 Å². The molecular weight excluding hydrogens is 248 g/mol. The summed E-state index contributed by atoms with van der Waals surface area (Å²) in [4.78, 5) is 2.44. The highest BCUT2D eigenvalue weighted by molar-refractivity contribution is 5.29. The number of likely N-dealkylation sites (tertiary alicyclic amines) is 1. The van der Waals surface area contributed by atoms with Crippen LogP contribution in [0.25, 0.3) is 0 Å². The second-order valence-corrected chi connectivity index (χ2v) is 6.60. The van der Waals surface area contributed by atoms with E-state index in [4.69, 9.17) is 10.5 Å². The molecule has 1 heterocycles. The summed E-state index contributed by atoms with van der Waals surface area (Å²) in [5.41, 5.74) is 8.82. The van der Waals surface area contributed by atoms with Crippen molar-refractivity contribution in [2.45, 2.75) is 37.3 Å². The largest absolute Gasteiger partial charge is 0.378 e. The van der Waals surface area contributed by atoms with Gasteiger partial charge in [0.2, 0.25) is 0 Å². The van der Waals surface area contributed by atoms with Gasteiger partial charge in [0.05, 0.1) is 5.60 Å². The van der Waals surface area contributed by atoms with Crippen LogP contribution in [0.1, 0.15) is 36.4 Å². The molecular formula is C17H26N2O. The van der Waals surface area contributed by atoms with Crippen LogP contribution in [0.15, 0.2) is 24.3 Å². The standard InChI is InChI=1S/C17H26N2O/c1-19-12-14(11-18)9-16(19)15-5-3-4-13(8-15)10-17(20-2)6-7-17/h3-5,8,14,16H,6-7,9-12,18H2,1-2H3. The molecule has 2 unspecified atom stereocenters. The summed E-state index contributed by atoms with van der Waals surface area (Å²) >= 11 is 0. The Balaban J connectivity index is 1.74. The molecule has 2 atom stereocenters. The van der Waals surface area contributed by atoms with E-state index in [9.17, 15) is 0 Å². The fraction of sp³-hybridized carbons (Fsp3) is 0.647. The second kappa shape index (κ2) is 5.47. The van der Waals surface area contributed by atoms with Crippen LogP contribution >= 0.6 is 0 Å². The summed E-state index contributed by atoms with van der Waals surface area (Å²) in [6.45, 7) is 1.92. The summed E-state index contributed by atoms with van der Waals surface area (Å²) in [7, 11) is 4.05. The van der Waals surface area contributed by atoms with Crippen LogP contribution in [0.2, 0.25) is 0 Å². The van der Waals surface area contributed by atoms with E-state index in [1.807, 2.05) is 7.11 Å². The molecule has 3 rings (SSSR count). The molecule has 0 aromatic heterocycles. The lowest BCUT2D eigenvalue weighted by molar-refractivity contribution is 0.0807. The Morgan fingerprint density at radius 2 is 2.20 bits per heavy atom. The number of hydrogen-bond donors (Lipinski definition) is 1. The molecule has 1 saturated heterocycles. The average Bonchev–Trinajstić information content (AvgIpc) is 3.13. The lowest BCUT2D eigenvalue weighted by atomic mass is 9.96. The Hall–Kier alpha value is -0.900. The van der Waals surface area contributed by atoms with E-state index in [-0.39, 0.29) is 5.60 Å². The van der Waals surface area contributed by atoms with Crippen molar-refractivity contribution in [3.8, 4) is 0 Å². The van der Waals surface area contributed by atoms with Crippen LogP contribution in [0.5, 0.6) is 0 Å². The molecule has 1 saturated carbocycles. The zero-order valence-electron chi connectivity index (χ0n) is 12.6. The minimum absolute atomic E-state index is 0.139. The number of nitrogens with zero attached hydrogens (tertiary/aromatic N) is 1. The number of rotatable bonds is 5. The molecule has 20 heavy (non-hydrogen) atoms. The zero-order chi connectivity index (χ0) is 14.2. The molecule has 1 aliphatic carbocycles. The normalized spacial score (nSPS) is 28.8. The summed E-state index contributed by atoms with van der Waals surface area (Å²) in [5, 5.41) is 0. The molecule has 0 amide bonds. The van der Waals surface area contributed by atoms with Gasteiger partial charge in [0.15, 0.2) is 0 Å². The Morgan fingerprint density at radius 3 is 2.80 bits per heavy atom. The molecule has 0 spiro atoms. The van der Waals surface area contributed by atoms with E-state index >= 15 is 0 Å². The van der Waals surface area contributed by atoms with Crippen molar-refractivity contribution < 1.29 is 4.74 Å². The highest BCUT2D eigenvalue weighted by Gasteiger charge is 2.42. The summed E-state index contributed by atoms with van der Waals surface area (Å²) in [5.74, 6) is 0.641. The van der Waals surface area contributed by atoms with Gasteiger partial charge in [-0.3, -0.25) is 4.90 Å². The molecule has 2 aliphatic rings. The second-order valence-electron chi connectivity index (χ2n) is 6.60. The van der Waals surface area contributed by atoms with Gasteiger partial charge in [-0.25, -0.2) is 0 Å². The van der Waals surface area contributed by atoms with Gasteiger partial charge < -0.3 is 10.5 Å². The van der Waals surface area contributed by atoms with Crippen molar-refractivity contribution in [2.24, 2.45) is 11.7 Å². The first-order chi connectivity index (χ1) is 9.65. The first-order valence-electron chi connectivity index (χ1n) is 7.70. The molecule has 3 nitrogen and oxygen atoms in total. The van der Waals surface area contributed by atoms with Gasteiger partial charge in [0, 0.05) is 26.1 Å². The quantitative estimate of drug-likeness (QED) is 0.896. The third-order valence-electron chi connectivity index (χ3n) is 5.07. The molecule has 1 aromatic rings. The van der Waals surface area contributed by atoms with Crippen LogP contribution in [0.3, 0.4) is 0 Å². The van der Waals surface area contributed by atoms with Crippen molar-refractivity contribution in [1.29, 1.82) is 0 Å². The van der Waals surface area contributed by atoms with E-state index in [2.05, 4.69) is 36.2 Å². The molecule has 0 radical (unpaired) electrons. The third kappa shape index (κ3) is 2.76. The van der Waals surface area contributed by atoms with Crippen molar-refractivity contribution in [3.05, 3.63) is 35.4 Å². The average molecular weight is 274 g/mol. The lowest BCUT2D eigenvalue weighted by Gasteiger charge is -2.21. The fourth-order valence-electron chi connectivity index (χ4n) is 3.54. The Morgan fingerprint density at radius 1 is 1.40 bits per heavy atom. The first-order valence-corrected chi connectivity index (χ1v) is 7.70. The van der Waals surface area contributed by atoms with Gasteiger partial charge >= 0.3 is 0 Å². The predicted molar refractivity (Wildman–Crippen MR) is 81.7 cm³/mol. The van der Waals surface area contributed by atoms with Crippen LogP contribution in [-0.4, -0.2) is 37.7 Å². The molecule has 1 aliphatic heterocycles. The van der Waals surface area contributed by atoms with Gasteiger partial charge in [-0.15, -0.1) is 0 Å². The molecule has 0 bridgehead atoms. The van der Waals surface area contributed by atoms with E-state index in [0.717, 1.165) is 19.5 Å². The third-order valence-corrected chi connectivity index (χ3v) is 5.07. The van der Waals surface area contributed by atoms with Crippen LogP contribution in [0.4, 0.5) is 0 Å². The van der Waals surface area contributed by atoms with Crippen molar-refractivity contribution in [1.82, 2.24) is 4.90 Å². The molecule has 110 valence electrons. The molecule has 2 fully saturated rings. The summed E-state index contributed by atoms with van der Waals surface area (Å²) in [6, 6.07) is 9.59. The first kappa shape index (κ1) is 14.1.